The third-order valence-corrected chi connectivity index (χ3v) is 9.65. The number of carboxylic acid groups (broad SMARTS) is 1. The van der Waals surface area contributed by atoms with Crippen molar-refractivity contribution in [1.82, 2.24) is 14.1 Å². The van der Waals surface area contributed by atoms with Crippen molar-refractivity contribution < 1.29 is 39.9 Å². The molecule has 0 spiro atoms. The summed E-state index contributed by atoms with van der Waals surface area (Å²) in [6.45, 7) is 2.76. The fourth-order valence-corrected chi connectivity index (χ4v) is 7.37. The van der Waals surface area contributed by atoms with Crippen molar-refractivity contribution in [2.75, 3.05) is 12.8 Å². The van der Waals surface area contributed by atoms with E-state index in [4.69, 9.17) is 5.11 Å². The van der Waals surface area contributed by atoms with Gasteiger partial charge in [-0.2, -0.15) is 22.6 Å². The predicted octanol–water partition coefficient (Wildman–Crippen LogP) is 3.11. The number of fused-ring (bicyclic) bond motifs is 1. The Morgan fingerprint density at radius 3 is 2.40 bits per heavy atom. The summed E-state index contributed by atoms with van der Waals surface area (Å²) in [5.41, 5.74) is -0.383. The van der Waals surface area contributed by atoms with Crippen molar-refractivity contribution >= 4 is 25.8 Å². The lowest BCUT2D eigenvalue weighted by atomic mass is 9.93. The maximum atomic E-state index is 13.6. The lowest BCUT2D eigenvalue weighted by molar-refractivity contribution is -0.138. The van der Waals surface area contributed by atoms with Crippen LogP contribution in [0.5, 0.6) is 0 Å². The number of rotatable bonds is 8. The van der Waals surface area contributed by atoms with Gasteiger partial charge < -0.3 is 5.11 Å². The average Bonchev–Trinajstić information content (AvgIpc) is 3.13. The van der Waals surface area contributed by atoms with Gasteiger partial charge >= 0.3 is 12.1 Å². The summed E-state index contributed by atoms with van der Waals surface area (Å²) in [7, 11) is -7.56. The summed E-state index contributed by atoms with van der Waals surface area (Å²) >= 11 is 0. The Morgan fingerprint density at radius 1 is 1.20 bits per heavy atom. The molecule has 0 saturated heterocycles. The van der Waals surface area contributed by atoms with Gasteiger partial charge in [0.2, 0.25) is 10.0 Å². The van der Waals surface area contributed by atoms with Gasteiger partial charge in [-0.1, -0.05) is 13.8 Å². The van der Waals surface area contributed by atoms with E-state index < -0.39 is 65.7 Å². The number of hydrogen-bond acceptors (Lipinski definition) is 6. The minimum atomic E-state index is -4.97. The maximum absolute atomic E-state index is 13.6. The van der Waals surface area contributed by atoms with Crippen molar-refractivity contribution in [3.63, 3.8) is 0 Å². The second kappa shape index (κ2) is 9.54. The molecule has 0 aliphatic heterocycles. The molecule has 1 N–H and O–H groups in total. The van der Waals surface area contributed by atoms with E-state index in [0.717, 1.165) is 10.4 Å². The molecular formula is C21H26F3N3O6S2. The zero-order chi connectivity index (χ0) is 26.3. The second-order valence-electron chi connectivity index (χ2n) is 8.89. The Labute approximate surface area is 201 Å². The topological polar surface area (TPSA) is 127 Å². The standard InChI is InChI=1S/C21H26F3N3O6S2/c1-13(2)12-34(30,31)15-7-14(21(22,23)24)8-16(9-15)35(32,33)26(3)18-5-4-6-19-17(18)10-25-27(19)11-20(28)29/h7-10,13,18H,4-6,11-12H2,1-3H3,(H,28,29)/t18-/m1/s1. The van der Waals surface area contributed by atoms with Crippen LogP contribution < -0.4 is 0 Å². The molecule has 1 aliphatic rings. The number of aromatic nitrogens is 2. The van der Waals surface area contributed by atoms with Gasteiger partial charge in [-0.05, 0) is 43.4 Å². The largest absolute Gasteiger partial charge is 0.480 e. The van der Waals surface area contributed by atoms with E-state index in [9.17, 15) is 34.8 Å². The Kier molecular flexibility index (Phi) is 7.40. The molecule has 0 amide bonds. The number of halogens is 3. The van der Waals surface area contributed by atoms with Gasteiger partial charge in [0.25, 0.3) is 0 Å². The third kappa shape index (κ3) is 5.70. The smallest absolute Gasteiger partial charge is 0.416 e. The summed E-state index contributed by atoms with van der Waals surface area (Å²) in [6.07, 6.45) is -2.31. The normalized spacial score (nSPS) is 17.1. The Morgan fingerprint density at radius 2 is 1.83 bits per heavy atom. The molecule has 9 nitrogen and oxygen atoms in total. The first-order valence-electron chi connectivity index (χ1n) is 10.7. The number of benzene rings is 1. The SMILES string of the molecule is CC(C)CS(=O)(=O)c1cc(C(F)(F)F)cc(S(=O)(=O)N(C)[C@@H]2CCCc3c2cnn3CC(=O)O)c1. The summed E-state index contributed by atoms with van der Waals surface area (Å²) in [5.74, 6) is -1.96. The van der Waals surface area contributed by atoms with Gasteiger partial charge in [0.15, 0.2) is 9.84 Å². The van der Waals surface area contributed by atoms with Crippen LogP contribution in [0, 0.1) is 5.92 Å². The van der Waals surface area contributed by atoms with Gasteiger partial charge in [-0.3, -0.25) is 9.48 Å². The highest BCUT2D eigenvalue weighted by Gasteiger charge is 2.38. The van der Waals surface area contributed by atoms with Crippen molar-refractivity contribution in [1.29, 1.82) is 0 Å². The predicted molar refractivity (Wildman–Crippen MR) is 119 cm³/mol. The van der Waals surface area contributed by atoms with Crippen LogP contribution in [-0.4, -0.2) is 54.8 Å². The second-order valence-corrected chi connectivity index (χ2v) is 12.9. The highest BCUT2D eigenvalue weighted by Crippen LogP contribution is 2.38. The maximum Gasteiger partial charge on any atom is 0.416 e. The van der Waals surface area contributed by atoms with Gasteiger partial charge in [-0.25, -0.2) is 16.8 Å². The fraction of sp³-hybridized carbons (Fsp3) is 0.524. The minimum Gasteiger partial charge on any atom is -0.480 e. The molecule has 2 aromatic rings. The molecule has 35 heavy (non-hydrogen) atoms. The van der Waals surface area contributed by atoms with E-state index in [1.165, 1.54) is 17.9 Å². The fourth-order valence-electron chi connectivity index (χ4n) is 4.17. The summed E-state index contributed by atoms with van der Waals surface area (Å²) in [5, 5.41) is 13.1. The molecule has 0 bridgehead atoms. The van der Waals surface area contributed by atoms with E-state index >= 15 is 0 Å². The summed E-state index contributed by atoms with van der Waals surface area (Å²) in [4.78, 5) is 9.59. The van der Waals surface area contributed by atoms with Gasteiger partial charge in [0.05, 0.1) is 33.3 Å². The van der Waals surface area contributed by atoms with Crippen LogP contribution in [0.1, 0.15) is 49.6 Å². The number of hydrogen-bond donors (Lipinski definition) is 1. The number of carbonyl (C=O) groups is 1. The molecule has 3 rings (SSSR count). The van der Waals surface area contributed by atoms with Crippen LogP contribution in [0.4, 0.5) is 13.2 Å². The molecule has 1 atom stereocenters. The summed E-state index contributed by atoms with van der Waals surface area (Å²) in [6, 6.07) is 0.830. The minimum absolute atomic E-state index is 0.332. The molecule has 0 unspecified atom stereocenters. The molecule has 1 aliphatic carbocycles. The molecular weight excluding hydrogens is 511 g/mol. The van der Waals surface area contributed by atoms with E-state index in [-0.39, 0.29) is 5.92 Å². The highest BCUT2D eigenvalue weighted by atomic mass is 32.2. The number of sulfonamides is 1. The molecule has 194 valence electrons. The highest BCUT2D eigenvalue weighted by molar-refractivity contribution is 7.91. The third-order valence-electron chi connectivity index (χ3n) is 5.75. The van der Waals surface area contributed by atoms with Crippen LogP contribution in [0.3, 0.4) is 0 Å². The number of aliphatic carboxylic acids is 1. The number of alkyl halides is 3. The van der Waals surface area contributed by atoms with Gasteiger partial charge in [-0.15, -0.1) is 0 Å². The number of sulfone groups is 1. The van der Waals surface area contributed by atoms with E-state index in [0.29, 0.717) is 42.7 Å². The van der Waals surface area contributed by atoms with E-state index in [1.54, 1.807) is 13.8 Å². The first-order valence-corrected chi connectivity index (χ1v) is 13.8. The molecule has 1 aromatic carbocycles. The van der Waals surface area contributed by atoms with Crippen molar-refractivity contribution in [2.24, 2.45) is 5.92 Å². The van der Waals surface area contributed by atoms with Gasteiger partial charge in [0, 0.05) is 18.3 Å². The van der Waals surface area contributed by atoms with Crippen LogP contribution in [0.15, 0.2) is 34.2 Å². The quantitative estimate of drug-likeness (QED) is 0.548. The molecule has 14 heteroatoms. The van der Waals surface area contributed by atoms with Crippen LogP contribution >= 0.6 is 0 Å². The zero-order valence-corrected chi connectivity index (χ0v) is 20.9. The van der Waals surface area contributed by atoms with Crippen LogP contribution in [0.25, 0.3) is 0 Å². The molecule has 0 fully saturated rings. The Hall–Kier alpha value is -2.45. The van der Waals surface area contributed by atoms with E-state index in [2.05, 4.69) is 5.10 Å². The lowest BCUT2D eigenvalue weighted by Gasteiger charge is -2.31. The average molecular weight is 538 g/mol. The Balaban J connectivity index is 2.09. The van der Waals surface area contributed by atoms with E-state index in [1.807, 2.05) is 0 Å². The van der Waals surface area contributed by atoms with Gasteiger partial charge in [0.1, 0.15) is 6.54 Å². The monoisotopic (exact) mass is 537 g/mol. The van der Waals surface area contributed by atoms with Crippen LogP contribution in [0.2, 0.25) is 0 Å². The zero-order valence-electron chi connectivity index (χ0n) is 19.3. The van der Waals surface area contributed by atoms with Crippen molar-refractivity contribution in [3.05, 3.63) is 41.2 Å². The van der Waals surface area contributed by atoms with Crippen molar-refractivity contribution in [3.8, 4) is 0 Å². The van der Waals surface area contributed by atoms with Crippen molar-refractivity contribution in [2.45, 2.75) is 61.7 Å². The number of nitrogens with zero attached hydrogens (tertiary/aromatic N) is 3. The molecule has 1 aromatic heterocycles. The Bertz CT molecular complexity index is 1330. The summed E-state index contributed by atoms with van der Waals surface area (Å²) < 4.78 is 95.2. The first-order chi connectivity index (χ1) is 16.0. The first kappa shape index (κ1) is 27.1. The lowest BCUT2D eigenvalue weighted by Crippen LogP contribution is -2.34. The number of carboxylic acids is 1. The molecule has 0 saturated carbocycles. The van der Waals surface area contributed by atoms with Crippen LogP contribution in [-0.2, 0) is 43.8 Å². The molecule has 1 heterocycles. The molecule has 0 radical (unpaired) electrons.